The Hall–Kier alpha value is -2.05. The molecule has 0 aliphatic carbocycles. The summed E-state index contributed by atoms with van der Waals surface area (Å²) in [5.41, 5.74) is 0. The summed E-state index contributed by atoms with van der Waals surface area (Å²) in [5.74, 6) is -0.263. The third-order valence-corrected chi connectivity index (χ3v) is 14.5. The number of unbranched alkanes of at least 4 members (excludes halogenated alkanes) is 28. The highest BCUT2D eigenvalue weighted by Gasteiger charge is 2.51. The molecule has 9 N–H and O–H groups in total. The molecule has 0 aromatic carbocycles. The molecular formula is C60H109NO13. The van der Waals surface area contributed by atoms with Gasteiger partial charge in [-0.1, -0.05) is 204 Å². The lowest BCUT2D eigenvalue weighted by Gasteiger charge is -2.46. The van der Waals surface area contributed by atoms with Crippen LogP contribution in [0, 0.1) is 0 Å². The molecule has 2 aliphatic rings. The Balaban J connectivity index is 1.76. The van der Waals surface area contributed by atoms with E-state index in [4.69, 9.17) is 18.9 Å². The Kier molecular flexibility index (Phi) is 42.2. The second-order valence-corrected chi connectivity index (χ2v) is 21.1. The summed E-state index contributed by atoms with van der Waals surface area (Å²) >= 11 is 0. The van der Waals surface area contributed by atoms with Crippen LogP contribution in [0.15, 0.2) is 48.6 Å². The van der Waals surface area contributed by atoms with Crippen molar-refractivity contribution in [1.82, 2.24) is 5.32 Å². The quantitative estimate of drug-likeness (QED) is 0.0205. The highest BCUT2D eigenvalue weighted by molar-refractivity contribution is 5.76. The summed E-state index contributed by atoms with van der Waals surface area (Å²) in [6.07, 6.45) is 40.3. The molecule has 0 aromatic heterocycles. The number of rotatable bonds is 47. The first-order valence-corrected chi connectivity index (χ1v) is 29.9. The molecule has 2 aliphatic heterocycles. The minimum Gasteiger partial charge on any atom is -0.394 e. The highest BCUT2D eigenvalue weighted by atomic mass is 16.7. The van der Waals surface area contributed by atoms with Gasteiger partial charge in [0.2, 0.25) is 5.91 Å². The first-order valence-electron chi connectivity index (χ1n) is 29.9. The van der Waals surface area contributed by atoms with Crippen molar-refractivity contribution < 1.29 is 64.6 Å². The molecule has 0 aromatic rings. The van der Waals surface area contributed by atoms with Crippen LogP contribution in [-0.2, 0) is 23.7 Å². The third kappa shape index (κ3) is 31.4. The Morgan fingerprint density at radius 3 is 1.34 bits per heavy atom. The number of hydrogen-bond acceptors (Lipinski definition) is 13. The van der Waals surface area contributed by atoms with E-state index in [2.05, 4.69) is 55.6 Å². The molecule has 0 saturated carbocycles. The number of carbonyl (C=O) groups excluding carboxylic acids is 1. The number of aliphatic hydroxyl groups is 8. The van der Waals surface area contributed by atoms with E-state index >= 15 is 0 Å². The van der Waals surface area contributed by atoms with E-state index < -0.39 is 86.8 Å². The van der Waals surface area contributed by atoms with Gasteiger partial charge in [0.15, 0.2) is 12.6 Å². The van der Waals surface area contributed by atoms with Gasteiger partial charge >= 0.3 is 0 Å². The molecule has 2 fully saturated rings. The van der Waals surface area contributed by atoms with Gasteiger partial charge in [0, 0.05) is 6.42 Å². The van der Waals surface area contributed by atoms with Crippen molar-refractivity contribution >= 4 is 5.91 Å². The first kappa shape index (κ1) is 68.1. The number of carbonyl (C=O) groups is 1. The van der Waals surface area contributed by atoms with E-state index in [1.165, 1.54) is 135 Å². The maximum Gasteiger partial charge on any atom is 0.220 e. The molecule has 2 heterocycles. The Morgan fingerprint density at radius 2 is 0.865 bits per heavy atom. The number of aliphatic hydroxyl groups excluding tert-OH is 8. The van der Waals surface area contributed by atoms with Crippen molar-refractivity contribution in [2.45, 2.75) is 306 Å². The van der Waals surface area contributed by atoms with Crippen LogP contribution < -0.4 is 5.32 Å². The summed E-state index contributed by atoms with van der Waals surface area (Å²) in [6, 6.07) is -0.942. The Bertz CT molecular complexity index is 1430. The zero-order valence-corrected chi connectivity index (χ0v) is 46.3. The van der Waals surface area contributed by atoms with Crippen molar-refractivity contribution in [2.75, 3.05) is 19.8 Å². The fourth-order valence-electron chi connectivity index (χ4n) is 9.61. The van der Waals surface area contributed by atoms with E-state index in [1.807, 2.05) is 6.08 Å². The molecule has 12 unspecified atom stereocenters. The molecule has 14 heteroatoms. The van der Waals surface area contributed by atoms with Gasteiger partial charge in [-0.05, 0) is 70.6 Å². The smallest absolute Gasteiger partial charge is 0.220 e. The van der Waals surface area contributed by atoms with Crippen LogP contribution in [0.2, 0.25) is 0 Å². The van der Waals surface area contributed by atoms with Crippen LogP contribution in [0.4, 0.5) is 0 Å². The SMILES string of the molecule is CCCCCC/C=C\CCCCCCCC(=O)NC(COC1OC(CO)C(OC2OC(CO)C(O)C(O)C2O)C(O)C1O)C(O)/C=C/CC/C=C/CC/C=C/CCCCCCCCCCCCCCCCCCC. The largest absolute Gasteiger partial charge is 0.394 e. The van der Waals surface area contributed by atoms with Crippen molar-refractivity contribution in [2.24, 2.45) is 0 Å². The average molecular weight is 1050 g/mol. The fourth-order valence-corrected chi connectivity index (χ4v) is 9.61. The zero-order chi connectivity index (χ0) is 53.9. The summed E-state index contributed by atoms with van der Waals surface area (Å²) < 4.78 is 22.7. The van der Waals surface area contributed by atoms with Gasteiger partial charge in [-0.2, -0.15) is 0 Å². The van der Waals surface area contributed by atoms with Crippen LogP contribution in [0.25, 0.3) is 0 Å². The highest BCUT2D eigenvalue weighted by Crippen LogP contribution is 2.30. The molecule has 0 spiro atoms. The van der Waals surface area contributed by atoms with E-state index in [0.29, 0.717) is 12.8 Å². The molecule has 432 valence electrons. The van der Waals surface area contributed by atoms with Gasteiger partial charge in [-0.3, -0.25) is 4.79 Å². The molecule has 14 nitrogen and oxygen atoms in total. The second-order valence-electron chi connectivity index (χ2n) is 21.1. The molecule has 2 rings (SSSR count). The maximum atomic E-state index is 13.2. The standard InChI is InChI=1S/C60H109NO13/c1-3-5-7-9-11-13-15-17-18-19-20-21-22-23-24-25-26-27-28-29-30-32-33-35-37-39-41-43-49(64)48(61-52(65)44-42-40-38-36-34-31-16-14-12-10-8-6-4-2)47-71-59-57(70)55(68)58(51(46-63)73-59)74-60-56(69)54(67)53(66)50(45-62)72-60/h14,16,28-29,33,35,41,43,48-51,53-60,62-64,66-70H,3-13,15,17-27,30-32,34,36-40,42,44-47H2,1-2H3,(H,61,65)/b16-14-,29-28+,35-33+,43-41+. The topological polar surface area (TPSA) is 228 Å². The monoisotopic (exact) mass is 1050 g/mol. The number of allylic oxidation sites excluding steroid dienone is 7. The summed E-state index contributed by atoms with van der Waals surface area (Å²) in [7, 11) is 0. The number of nitrogens with one attached hydrogen (secondary N) is 1. The van der Waals surface area contributed by atoms with E-state index in [0.717, 1.165) is 64.2 Å². The molecule has 74 heavy (non-hydrogen) atoms. The van der Waals surface area contributed by atoms with Gasteiger partial charge in [0.05, 0.1) is 32.0 Å². The zero-order valence-electron chi connectivity index (χ0n) is 46.3. The summed E-state index contributed by atoms with van der Waals surface area (Å²) in [6.45, 7) is 2.75. The lowest BCUT2D eigenvalue weighted by molar-refractivity contribution is -0.359. The lowest BCUT2D eigenvalue weighted by atomic mass is 9.97. The van der Waals surface area contributed by atoms with Gasteiger partial charge in [-0.15, -0.1) is 0 Å². The van der Waals surface area contributed by atoms with Gasteiger partial charge in [0.1, 0.15) is 48.8 Å². The van der Waals surface area contributed by atoms with Crippen molar-refractivity contribution in [3.05, 3.63) is 48.6 Å². The molecule has 2 saturated heterocycles. The second kappa shape index (κ2) is 45.9. The van der Waals surface area contributed by atoms with Crippen LogP contribution in [0.3, 0.4) is 0 Å². The molecular weight excluding hydrogens is 943 g/mol. The van der Waals surface area contributed by atoms with Crippen LogP contribution in [-0.4, -0.2) is 140 Å². The van der Waals surface area contributed by atoms with E-state index in [-0.39, 0.29) is 18.9 Å². The van der Waals surface area contributed by atoms with Crippen molar-refractivity contribution in [3.8, 4) is 0 Å². The van der Waals surface area contributed by atoms with E-state index in [1.54, 1.807) is 6.08 Å². The Morgan fingerprint density at radius 1 is 0.473 bits per heavy atom. The van der Waals surface area contributed by atoms with Crippen LogP contribution in [0.1, 0.15) is 232 Å². The number of ether oxygens (including phenoxy) is 4. The van der Waals surface area contributed by atoms with Crippen LogP contribution >= 0.6 is 0 Å². The molecule has 0 radical (unpaired) electrons. The maximum absolute atomic E-state index is 13.2. The van der Waals surface area contributed by atoms with Crippen LogP contribution in [0.5, 0.6) is 0 Å². The molecule has 12 atom stereocenters. The summed E-state index contributed by atoms with van der Waals surface area (Å²) in [5, 5.41) is 86.9. The lowest BCUT2D eigenvalue weighted by Crippen LogP contribution is -2.65. The predicted molar refractivity (Wildman–Crippen MR) is 295 cm³/mol. The van der Waals surface area contributed by atoms with Gasteiger partial charge in [0.25, 0.3) is 0 Å². The molecule has 0 bridgehead atoms. The van der Waals surface area contributed by atoms with E-state index in [9.17, 15) is 45.6 Å². The minimum atomic E-state index is -1.79. The number of amides is 1. The summed E-state index contributed by atoms with van der Waals surface area (Å²) in [4.78, 5) is 13.2. The Labute approximate surface area is 448 Å². The van der Waals surface area contributed by atoms with Gasteiger partial charge < -0.3 is 65.1 Å². The van der Waals surface area contributed by atoms with Crippen molar-refractivity contribution in [3.63, 3.8) is 0 Å². The normalized spacial score (nSPS) is 25.5. The first-order chi connectivity index (χ1) is 36.1. The van der Waals surface area contributed by atoms with Gasteiger partial charge in [-0.25, -0.2) is 0 Å². The molecule has 1 amide bonds. The predicted octanol–water partition coefficient (Wildman–Crippen LogP) is 10.0. The fraction of sp³-hybridized carbons (Fsp3) is 0.850. The third-order valence-electron chi connectivity index (χ3n) is 14.5. The van der Waals surface area contributed by atoms with Crippen molar-refractivity contribution in [1.29, 1.82) is 0 Å². The average Bonchev–Trinajstić information content (AvgIpc) is 3.40. The number of hydrogen-bond donors (Lipinski definition) is 9. The minimum absolute atomic E-state index is 0.259.